The molecule has 9 nitrogen and oxygen atoms in total. The Morgan fingerprint density at radius 1 is 0.478 bits per heavy atom. The molecule has 19 heteroatoms. The normalized spacial score (nSPS) is 12.3. The van der Waals surface area contributed by atoms with Crippen molar-refractivity contribution in [3.8, 4) is 17.2 Å². The fraction of sp³-hybridized carbons (Fsp3) is 0.333. The first-order valence-corrected chi connectivity index (χ1v) is 12.6. The molecule has 0 saturated heterocycles. The first kappa shape index (κ1) is 36.7. The minimum atomic E-state index is -5.06. The van der Waals surface area contributed by atoms with Gasteiger partial charge in [0.2, 0.25) is 0 Å². The van der Waals surface area contributed by atoms with Gasteiger partial charge in [0.05, 0.1) is 41.2 Å². The molecule has 0 spiro atoms. The van der Waals surface area contributed by atoms with Gasteiger partial charge in [-0.2, -0.15) is 0 Å². The summed E-state index contributed by atoms with van der Waals surface area (Å²) < 4.78 is 167. The highest BCUT2D eigenvalue weighted by molar-refractivity contribution is 6.36. The molecule has 3 rings (SSSR count). The van der Waals surface area contributed by atoms with Crippen LogP contribution in [-0.2, 0) is 48.0 Å². The summed E-state index contributed by atoms with van der Waals surface area (Å²) >= 11 is 0. The second-order valence-corrected chi connectivity index (χ2v) is 8.77. The largest absolute Gasteiger partial charge is 0.658 e. The molecule has 0 aromatic heterocycles. The predicted octanol–water partition coefficient (Wildman–Crippen LogP) is 6.77. The van der Waals surface area contributed by atoms with Crippen LogP contribution < -0.4 is 14.2 Å². The predicted molar refractivity (Wildman–Crippen MR) is 137 cm³/mol. The lowest BCUT2D eigenvalue weighted by Crippen LogP contribution is -2.47. The van der Waals surface area contributed by atoms with Gasteiger partial charge in [-0.1, -0.05) is 18.2 Å². The monoisotopic (exact) mass is 674 g/mol. The Morgan fingerprint density at radius 2 is 0.739 bits per heavy atom. The molecule has 0 atom stereocenters. The number of halogens is 9. The molecule has 252 valence electrons. The topological polar surface area (TPSA) is 83.1 Å². The lowest BCUT2D eigenvalue weighted by Gasteiger charge is -2.26. The van der Waals surface area contributed by atoms with Crippen LogP contribution in [0.3, 0.4) is 0 Å². The SMILES string of the molecule is COc1ccc(COC(F)(F)OB(OC(F)(F)OCc2ccc(OC)cc2F)OC(F)(F)OCc2ccc(OC)cc2F)c(F)c1. The zero-order valence-corrected chi connectivity index (χ0v) is 24.0. The van der Waals surface area contributed by atoms with Gasteiger partial charge in [0.1, 0.15) is 34.7 Å². The van der Waals surface area contributed by atoms with Crippen LogP contribution in [0.2, 0.25) is 0 Å². The van der Waals surface area contributed by atoms with Crippen LogP contribution in [0.25, 0.3) is 0 Å². The van der Waals surface area contributed by atoms with Crippen molar-refractivity contribution in [1.29, 1.82) is 0 Å². The van der Waals surface area contributed by atoms with E-state index in [-0.39, 0.29) is 17.2 Å². The van der Waals surface area contributed by atoms with Gasteiger partial charge in [-0.15, -0.1) is 26.3 Å². The molecule has 3 aromatic rings. The average molecular weight is 674 g/mol. The van der Waals surface area contributed by atoms with Crippen LogP contribution >= 0.6 is 0 Å². The Labute approximate surface area is 255 Å². The van der Waals surface area contributed by atoms with E-state index < -0.39 is 80.2 Å². The van der Waals surface area contributed by atoms with E-state index in [9.17, 15) is 39.5 Å². The molecule has 0 aliphatic heterocycles. The molecular weight excluding hydrogens is 650 g/mol. The van der Waals surface area contributed by atoms with E-state index in [0.29, 0.717) is 0 Å². The molecule has 3 aromatic carbocycles. The number of benzene rings is 3. The number of methoxy groups -OCH3 is 3. The molecular formula is C27H24BF9O9. The quantitative estimate of drug-likeness (QED) is 0.0826. The van der Waals surface area contributed by atoms with Crippen molar-refractivity contribution in [1.82, 2.24) is 0 Å². The van der Waals surface area contributed by atoms with Gasteiger partial charge in [-0.05, 0) is 18.2 Å². The van der Waals surface area contributed by atoms with Crippen molar-refractivity contribution >= 4 is 7.32 Å². The number of alkyl halides is 6. The van der Waals surface area contributed by atoms with Crippen LogP contribution in [0.15, 0.2) is 54.6 Å². The van der Waals surface area contributed by atoms with Crippen molar-refractivity contribution in [3.63, 3.8) is 0 Å². The highest BCUT2D eigenvalue weighted by Crippen LogP contribution is 2.31. The third-order valence-electron chi connectivity index (χ3n) is 5.67. The molecule has 46 heavy (non-hydrogen) atoms. The number of hydrogen-bond acceptors (Lipinski definition) is 9. The maximum atomic E-state index is 14.5. The van der Waals surface area contributed by atoms with Gasteiger partial charge in [0.15, 0.2) is 0 Å². The minimum Gasteiger partial charge on any atom is -0.497 e. The fourth-order valence-corrected chi connectivity index (χ4v) is 3.31. The summed E-state index contributed by atoms with van der Waals surface area (Å²) in [6, 6.07) is 8.83. The van der Waals surface area contributed by atoms with Gasteiger partial charge in [0.25, 0.3) is 0 Å². The second-order valence-electron chi connectivity index (χ2n) is 8.77. The highest BCUT2D eigenvalue weighted by atomic mass is 19.3. The molecule has 0 heterocycles. The first-order chi connectivity index (χ1) is 21.5. The first-order valence-electron chi connectivity index (χ1n) is 12.6. The third-order valence-corrected chi connectivity index (χ3v) is 5.67. The van der Waals surface area contributed by atoms with Gasteiger partial charge >= 0.3 is 26.2 Å². The maximum absolute atomic E-state index is 14.5. The van der Waals surface area contributed by atoms with E-state index in [1.807, 2.05) is 0 Å². The average Bonchev–Trinajstić information content (AvgIpc) is 2.98. The van der Waals surface area contributed by atoms with E-state index in [1.54, 1.807) is 0 Å². The minimum absolute atomic E-state index is 0.0135. The number of ether oxygens (including phenoxy) is 6. The van der Waals surface area contributed by atoms with Crippen molar-refractivity contribution < 1.29 is 81.9 Å². The molecule has 0 bridgehead atoms. The summed E-state index contributed by atoms with van der Waals surface area (Å²) in [5, 5.41) is 0. The Morgan fingerprint density at radius 3 is 0.957 bits per heavy atom. The Balaban J connectivity index is 1.75. The third kappa shape index (κ3) is 11.3. The lowest BCUT2D eigenvalue weighted by atomic mass is 10.2. The second kappa shape index (κ2) is 15.7. The van der Waals surface area contributed by atoms with Crippen LogP contribution in [0.1, 0.15) is 16.7 Å². The molecule has 0 N–H and O–H groups in total. The van der Waals surface area contributed by atoms with E-state index in [4.69, 9.17) is 14.2 Å². The highest BCUT2D eigenvalue weighted by Gasteiger charge is 2.52. The molecule has 0 amide bonds. The zero-order valence-electron chi connectivity index (χ0n) is 24.0. The van der Waals surface area contributed by atoms with Crippen molar-refractivity contribution in [2.45, 2.75) is 38.7 Å². The van der Waals surface area contributed by atoms with E-state index in [1.165, 1.54) is 39.5 Å². The Hall–Kier alpha value is -3.75. The number of hydrogen-bond donors (Lipinski definition) is 0. The molecule has 0 saturated carbocycles. The van der Waals surface area contributed by atoms with Gasteiger partial charge in [-0.25, -0.2) is 13.2 Å². The zero-order chi connectivity index (χ0) is 34.1. The standard InChI is InChI=1S/C27H24BF9O9/c1-38-19-7-4-16(22(29)10-19)13-41-25(32,33)44-28(45-26(34,35)42-14-17-5-8-20(39-2)11-23(17)30)46-27(36,37)43-15-18-6-9-21(40-3)12-24(18)31/h4-12H,13-15H2,1-3H3. The van der Waals surface area contributed by atoms with Crippen LogP contribution in [-0.4, -0.2) is 47.5 Å². The maximum Gasteiger partial charge on any atom is 0.658 e. The molecule has 0 radical (unpaired) electrons. The van der Waals surface area contributed by atoms with Crippen LogP contribution in [0, 0.1) is 17.5 Å². The van der Waals surface area contributed by atoms with Gasteiger partial charge < -0.3 is 28.2 Å². The molecule has 0 aliphatic rings. The van der Waals surface area contributed by atoms with E-state index >= 15 is 0 Å². The van der Waals surface area contributed by atoms with Crippen LogP contribution in [0.4, 0.5) is 39.5 Å². The summed E-state index contributed by atoms with van der Waals surface area (Å²) in [5.41, 5.74) is -1.52. The Kier molecular flexibility index (Phi) is 12.5. The van der Waals surface area contributed by atoms with Crippen molar-refractivity contribution in [2.24, 2.45) is 0 Å². The van der Waals surface area contributed by atoms with Gasteiger partial charge in [0, 0.05) is 34.9 Å². The fourth-order valence-electron chi connectivity index (χ4n) is 3.31. The van der Waals surface area contributed by atoms with E-state index in [0.717, 1.165) is 36.4 Å². The Bertz CT molecular complexity index is 1280. The van der Waals surface area contributed by atoms with Gasteiger partial charge in [-0.3, -0.25) is 14.2 Å². The summed E-state index contributed by atoms with van der Waals surface area (Å²) in [6.07, 6.45) is -15.2. The van der Waals surface area contributed by atoms with Crippen molar-refractivity contribution in [2.75, 3.05) is 21.3 Å². The summed E-state index contributed by atoms with van der Waals surface area (Å²) in [7, 11) is -0.144. The summed E-state index contributed by atoms with van der Waals surface area (Å²) in [6.45, 7) is -3.82. The summed E-state index contributed by atoms with van der Waals surface area (Å²) in [5.74, 6) is -3.22. The van der Waals surface area contributed by atoms with E-state index in [2.05, 4.69) is 28.2 Å². The molecule has 0 aliphatic carbocycles. The molecule has 0 unspecified atom stereocenters. The number of rotatable bonds is 18. The van der Waals surface area contributed by atoms with Crippen LogP contribution in [0.5, 0.6) is 17.2 Å². The lowest BCUT2D eigenvalue weighted by molar-refractivity contribution is -0.424. The summed E-state index contributed by atoms with van der Waals surface area (Å²) in [4.78, 5) is 0. The van der Waals surface area contributed by atoms with Crippen molar-refractivity contribution in [3.05, 3.63) is 88.7 Å². The molecule has 0 fully saturated rings. The smallest absolute Gasteiger partial charge is 0.497 e.